The molecule has 2 aromatic rings. The van der Waals surface area contributed by atoms with Crippen molar-refractivity contribution in [1.82, 2.24) is 4.90 Å². The first-order chi connectivity index (χ1) is 11.5. The van der Waals surface area contributed by atoms with Crippen LogP contribution in [0.1, 0.15) is 11.1 Å². The molecule has 1 saturated heterocycles. The quantitative estimate of drug-likeness (QED) is 0.767. The Hall–Kier alpha value is -1.95. The van der Waals surface area contributed by atoms with E-state index in [1.54, 1.807) is 0 Å². The average molecular weight is 380 g/mol. The van der Waals surface area contributed by atoms with E-state index in [9.17, 15) is 14.7 Å². The summed E-state index contributed by atoms with van der Waals surface area (Å²) >= 11 is 12.6. The lowest BCUT2D eigenvalue weighted by molar-refractivity contribution is -0.123. The molecule has 2 aromatic carbocycles. The largest absolute Gasteiger partial charge is 0.505 e. The first-order valence-corrected chi connectivity index (χ1v) is 8.50. The summed E-state index contributed by atoms with van der Waals surface area (Å²) in [6.07, 6.45) is 1.53. The highest BCUT2D eigenvalue weighted by molar-refractivity contribution is 8.18. The number of thioether (sulfide) groups is 1. The molecule has 4 nitrogen and oxygen atoms in total. The van der Waals surface area contributed by atoms with Gasteiger partial charge in [-0.2, -0.15) is 0 Å². The molecular weight excluding hydrogens is 369 g/mol. The molecule has 3 rings (SSSR count). The van der Waals surface area contributed by atoms with Crippen molar-refractivity contribution in [1.29, 1.82) is 0 Å². The van der Waals surface area contributed by atoms with Gasteiger partial charge >= 0.3 is 0 Å². The SMILES string of the molecule is O=C1S/C(=C\c2cc(Cl)c(O)c(Cl)c2)C(=O)N1Cc1ccccc1. The molecule has 0 bridgehead atoms. The van der Waals surface area contributed by atoms with Crippen molar-refractivity contribution in [3.05, 3.63) is 68.5 Å². The van der Waals surface area contributed by atoms with Crippen LogP contribution in [-0.2, 0) is 11.3 Å². The second-order valence-electron chi connectivity index (χ2n) is 5.09. The molecule has 1 aliphatic heterocycles. The summed E-state index contributed by atoms with van der Waals surface area (Å²) in [7, 11) is 0. The van der Waals surface area contributed by atoms with E-state index >= 15 is 0 Å². The van der Waals surface area contributed by atoms with Crippen LogP contribution in [0.4, 0.5) is 4.79 Å². The Bertz CT molecular complexity index is 829. The Labute approximate surface area is 152 Å². The van der Waals surface area contributed by atoms with E-state index in [0.29, 0.717) is 5.56 Å². The zero-order valence-corrected chi connectivity index (χ0v) is 14.5. The number of phenols is 1. The molecular formula is C17H11Cl2NO3S. The molecule has 1 aliphatic rings. The second-order valence-corrected chi connectivity index (χ2v) is 6.89. The molecule has 0 radical (unpaired) electrons. The average Bonchev–Trinajstić information content (AvgIpc) is 2.81. The summed E-state index contributed by atoms with van der Waals surface area (Å²) < 4.78 is 0. The van der Waals surface area contributed by atoms with Gasteiger partial charge in [-0.3, -0.25) is 14.5 Å². The van der Waals surface area contributed by atoms with Crippen LogP contribution in [0.15, 0.2) is 47.4 Å². The molecule has 0 atom stereocenters. The minimum absolute atomic E-state index is 0.0808. The molecule has 0 spiro atoms. The van der Waals surface area contributed by atoms with Gasteiger partial charge in [0.1, 0.15) is 0 Å². The van der Waals surface area contributed by atoms with Gasteiger partial charge in [0.25, 0.3) is 11.1 Å². The topological polar surface area (TPSA) is 57.6 Å². The van der Waals surface area contributed by atoms with E-state index in [4.69, 9.17) is 23.2 Å². The summed E-state index contributed by atoms with van der Waals surface area (Å²) in [5, 5.41) is 9.41. The third-order valence-corrected chi connectivity index (χ3v) is 4.88. The van der Waals surface area contributed by atoms with Crippen LogP contribution in [0.3, 0.4) is 0 Å². The first-order valence-electron chi connectivity index (χ1n) is 6.93. The molecule has 7 heteroatoms. The number of carbonyl (C=O) groups excluding carboxylic acids is 2. The number of amides is 2. The van der Waals surface area contributed by atoms with Crippen molar-refractivity contribution in [2.24, 2.45) is 0 Å². The fourth-order valence-electron chi connectivity index (χ4n) is 2.22. The number of rotatable bonds is 3. The maximum absolute atomic E-state index is 12.5. The predicted molar refractivity (Wildman–Crippen MR) is 96.1 cm³/mol. The summed E-state index contributed by atoms with van der Waals surface area (Å²) in [5.74, 6) is -0.582. The van der Waals surface area contributed by atoms with Gasteiger partial charge < -0.3 is 5.11 Å². The van der Waals surface area contributed by atoms with Crippen molar-refractivity contribution in [2.45, 2.75) is 6.54 Å². The number of imide groups is 1. The zero-order valence-electron chi connectivity index (χ0n) is 12.2. The van der Waals surface area contributed by atoms with Crippen LogP contribution in [0.5, 0.6) is 5.75 Å². The van der Waals surface area contributed by atoms with Crippen LogP contribution in [0, 0.1) is 0 Å². The molecule has 0 saturated carbocycles. The Balaban J connectivity index is 1.86. The highest BCUT2D eigenvalue weighted by Gasteiger charge is 2.34. The second kappa shape index (κ2) is 6.89. The van der Waals surface area contributed by atoms with Crippen LogP contribution >= 0.6 is 35.0 Å². The van der Waals surface area contributed by atoms with Crippen molar-refractivity contribution in [2.75, 3.05) is 0 Å². The number of phenolic OH excluding ortho intramolecular Hbond substituents is 1. The summed E-state index contributed by atoms with van der Waals surface area (Å²) in [6, 6.07) is 12.2. The number of nitrogens with zero attached hydrogens (tertiary/aromatic N) is 1. The van der Waals surface area contributed by atoms with Crippen molar-refractivity contribution < 1.29 is 14.7 Å². The van der Waals surface area contributed by atoms with E-state index in [0.717, 1.165) is 17.3 Å². The van der Waals surface area contributed by atoms with Gasteiger partial charge in [-0.1, -0.05) is 53.5 Å². The number of carbonyl (C=O) groups is 2. The van der Waals surface area contributed by atoms with Crippen LogP contribution < -0.4 is 0 Å². The van der Waals surface area contributed by atoms with Crippen LogP contribution in [0.2, 0.25) is 10.0 Å². The van der Waals surface area contributed by atoms with E-state index in [-0.39, 0.29) is 38.4 Å². The monoisotopic (exact) mass is 379 g/mol. The first kappa shape index (κ1) is 16.9. The lowest BCUT2D eigenvalue weighted by Crippen LogP contribution is -2.27. The van der Waals surface area contributed by atoms with Crippen molar-refractivity contribution in [3.8, 4) is 5.75 Å². The van der Waals surface area contributed by atoms with Gasteiger partial charge in [0.2, 0.25) is 0 Å². The molecule has 1 fully saturated rings. The lowest BCUT2D eigenvalue weighted by atomic mass is 10.2. The van der Waals surface area contributed by atoms with Gasteiger partial charge in [-0.25, -0.2) is 0 Å². The normalized spacial score (nSPS) is 16.2. The van der Waals surface area contributed by atoms with Gasteiger partial charge in [0.05, 0.1) is 21.5 Å². The fourth-order valence-corrected chi connectivity index (χ4v) is 3.56. The molecule has 0 aliphatic carbocycles. The van der Waals surface area contributed by atoms with Gasteiger partial charge in [-0.05, 0) is 41.1 Å². The Kier molecular flexibility index (Phi) is 4.85. The lowest BCUT2D eigenvalue weighted by Gasteiger charge is -2.12. The number of aromatic hydroxyl groups is 1. The maximum atomic E-state index is 12.5. The third kappa shape index (κ3) is 3.43. The predicted octanol–water partition coefficient (Wildman–Crippen LogP) is 4.94. The van der Waals surface area contributed by atoms with E-state index in [2.05, 4.69) is 0 Å². The maximum Gasteiger partial charge on any atom is 0.293 e. The van der Waals surface area contributed by atoms with Gasteiger partial charge in [0, 0.05) is 0 Å². The minimum atomic E-state index is -0.367. The molecule has 2 amide bonds. The van der Waals surface area contributed by atoms with E-state index < -0.39 is 0 Å². The third-order valence-electron chi connectivity index (χ3n) is 3.39. The molecule has 0 aromatic heterocycles. The molecule has 0 unspecified atom stereocenters. The Morgan fingerprint density at radius 2 is 1.71 bits per heavy atom. The highest BCUT2D eigenvalue weighted by atomic mass is 35.5. The van der Waals surface area contributed by atoms with Crippen molar-refractivity contribution >= 4 is 52.2 Å². The fraction of sp³-hybridized carbons (Fsp3) is 0.0588. The molecule has 1 N–H and O–H groups in total. The molecule has 1 heterocycles. The summed E-state index contributed by atoms with van der Waals surface area (Å²) in [6.45, 7) is 0.222. The number of hydrogen-bond donors (Lipinski definition) is 1. The number of benzene rings is 2. The number of hydrogen-bond acceptors (Lipinski definition) is 4. The highest BCUT2D eigenvalue weighted by Crippen LogP contribution is 2.37. The summed E-state index contributed by atoms with van der Waals surface area (Å²) in [4.78, 5) is 26.1. The summed E-state index contributed by atoms with van der Waals surface area (Å²) in [5.41, 5.74) is 1.41. The standard InChI is InChI=1S/C17H11Cl2NO3S/c18-12-6-11(7-13(19)15(12)21)8-14-16(22)20(17(23)24-14)9-10-4-2-1-3-5-10/h1-8,21H,9H2/b14-8-. The van der Waals surface area contributed by atoms with Crippen LogP contribution in [-0.4, -0.2) is 21.2 Å². The van der Waals surface area contributed by atoms with E-state index in [1.165, 1.54) is 23.1 Å². The smallest absolute Gasteiger partial charge is 0.293 e. The van der Waals surface area contributed by atoms with E-state index in [1.807, 2.05) is 30.3 Å². The van der Waals surface area contributed by atoms with Gasteiger partial charge in [0.15, 0.2) is 5.75 Å². The Morgan fingerprint density at radius 3 is 2.33 bits per heavy atom. The Morgan fingerprint density at radius 1 is 1.08 bits per heavy atom. The zero-order chi connectivity index (χ0) is 17.3. The van der Waals surface area contributed by atoms with Crippen molar-refractivity contribution in [3.63, 3.8) is 0 Å². The van der Waals surface area contributed by atoms with Gasteiger partial charge in [-0.15, -0.1) is 0 Å². The minimum Gasteiger partial charge on any atom is -0.505 e. The number of halogens is 2. The molecule has 122 valence electrons. The van der Waals surface area contributed by atoms with Crippen LogP contribution in [0.25, 0.3) is 6.08 Å². The molecule has 24 heavy (non-hydrogen) atoms.